The average molecular weight is 639 g/mol. The Morgan fingerprint density at radius 1 is 0.857 bits per heavy atom. The van der Waals surface area contributed by atoms with Gasteiger partial charge in [0.25, 0.3) is 5.91 Å². The molecule has 0 atom stereocenters. The Bertz CT molecular complexity index is 1500. The number of halogens is 4. The molecule has 0 fully saturated rings. The van der Waals surface area contributed by atoms with E-state index in [1.54, 1.807) is 30.3 Å². The number of fused-ring (bicyclic) bond motifs is 1. The summed E-state index contributed by atoms with van der Waals surface area (Å²) in [7, 11) is 0. The zero-order valence-electron chi connectivity index (χ0n) is 18.0. The molecule has 3 N–H and O–H groups in total. The lowest BCUT2D eigenvalue weighted by molar-refractivity contribution is -0.133. The first-order valence-electron chi connectivity index (χ1n) is 10.1. The van der Waals surface area contributed by atoms with Crippen molar-refractivity contribution >= 4 is 95.1 Å². The zero-order chi connectivity index (χ0) is 25.3. The molecule has 11 heteroatoms. The Hall–Kier alpha value is -2.85. The van der Waals surface area contributed by atoms with Crippen LogP contribution in [0.4, 0.5) is 11.4 Å². The highest BCUT2D eigenvalue weighted by molar-refractivity contribution is 9.10. The molecule has 4 aromatic rings. The summed E-state index contributed by atoms with van der Waals surface area (Å²) < 4.78 is 2.97. The second-order valence-corrected chi connectivity index (χ2v) is 10.1. The van der Waals surface area contributed by atoms with E-state index in [2.05, 4.69) is 47.9 Å². The largest absolute Gasteiger partial charge is 0.328 e. The van der Waals surface area contributed by atoms with E-state index in [1.165, 1.54) is 22.9 Å². The number of rotatable bonds is 4. The number of anilines is 2. The van der Waals surface area contributed by atoms with Gasteiger partial charge in [0.05, 0.1) is 16.2 Å². The van der Waals surface area contributed by atoms with Crippen LogP contribution < -0.4 is 16.1 Å². The minimum Gasteiger partial charge on any atom is -0.321 e. The number of amides is 3. The number of carbonyl (C=O) groups is 3. The molecule has 0 aliphatic heterocycles. The van der Waals surface area contributed by atoms with Gasteiger partial charge in [0.15, 0.2) is 0 Å². The van der Waals surface area contributed by atoms with E-state index in [-0.39, 0.29) is 16.4 Å². The fourth-order valence-electron chi connectivity index (χ4n) is 3.31. The molecular formula is C24H16Br2Cl2N4O3. The maximum absolute atomic E-state index is 13.2. The SMILES string of the molecule is Cc1cc(NC(=O)c2cc3cc(Br)ccc3n2NC(=O)C(=O)Nc2ccc(Cl)cc2Cl)ccc1Br. The van der Waals surface area contributed by atoms with Gasteiger partial charge in [0, 0.05) is 25.0 Å². The molecule has 1 aromatic heterocycles. The normalized spacial score (nSPS) is 10.8. The zero-order valence-corrected chi connectivity index (χ0v) is 22.6. The third-order valence-electron chi connectivity index (χ3n) is 5.01. The monoisotopic (exact) mass is 636 g/mol. The molecule has 0 saturated heterocycles. The number of hydrogen-bond acceptors (Lipinski definition) is 3. The number of nitrogens with zero attached hydrogens (tertiary/aromatic N) is 1. The fourth-order valence-corrected chi connectivity index (χ4v) is 4.39. The van der Waals surface area contributed by atoms with E-state index >= 15 is 0 Å². The first-order chi connectivity index (χ1) is 16.6. The Morgan fingerprint density at radius 3 is 2.34 bits per heavy atom. The van der Waals surface area contributed by atoms with Crippen molar-refractivity contribution in [1.82, 2.24) is 4.68 Å². The summed E-state index contributed by atoms with van der Waals surface area (Å²) in [6.07, 6.45) is 0. The van der Waals surface area contributed by atoms with E-state index in [0.29, 0.717) is 21.6 Å². The molecule has 0 bridgehead atoms. The van der Waals surface area contributed by atoms with Gasteiger partial charge in [0.1, 0.15) is 5.69 Å². The molecular weight excluding hydrogens is 623 g/mol. The second kappa shape index (κ2) is 10.4. The van der Waals surface area contributed by atoms with Crippen LogP contribution in [0.15, 0.2) is 69.6 Å². The fraction of sp³-hybridized carbons (Fsp3) is 0.0417. The molecule has 3 amide bonds. The van der Waals surface area contributed by atoms with Crippen LogP contribution in [0.25, 0.3) is 10.9 Å². The maximum atomic E-state index is 13.2. The van der Waals surface area contributed by atoms with Crippen LogP contribution >= 0.6 is 55.1 Å². The Balaban J connectivity index is 1.63. The highest BCUT2D eigenvalue weighted by Gasteiger charge is 2.22. The van der Waals surface area contributed by atoms with Gasteiger partial charge in [-0.25, -0.2) is 4.68 Å². The van der Waals surface area contributed by atoms with Crippen molar-refractivity contribution in [2.75, 3.05) is 16.1 Å². The standard InChI is InChI=1S/C24H16Br2Cl2N4O3/c1-12-8-16(4-5-17(12)26)29-22(33)21-10-13-9-14(25)2-7-20(13)32(21)31-24(35)23(34)30-19-6-3-15(27)11-18(19)28/h2-11H,1H3,(H,29,33)(H,30,34)(H,31,35). The summed E-state index contributed by atoms with van der Waals surface area (Å²) in [5.41, 5.74) is 4.90. The third-order valence-corrected chi connectivity index (χ3v) is 6.94. The van der Waals surface area contributed by atoms with Crippen molar-refractivity contribution in [3.05, 3.63) is 90.9 Å². The summed E-state index contributed by atoms with van der Waals surface area (Å²) in [4.78, 5) is 38.5. The smallest absolute Gasteiger partial charge is 0.321 e. The van der Waals surface area contributed by atoms with Gasteiger partial charge in [-0.3, -0.25) is 19.8 Å². The highest BCUT2D eigenvalue weighted by Crippen LogP contribution is 2.27. The number of aryl methyl sites for hydroxylation is 1. The van der Waals surface area contributed by atoms with Crippen molar-refractivity contribution < 1.29 is 14.4 Å². The summed E-state index contributed by atoms with van der Waals surface area (Å²) in [6, 6.07) is 16.7. The number of aromatic nitrogens is 1. The summed E-state index contributed by atoms with van der Waals surface area (Å²) in [5.74, 6) is -2.44. The van der Waals surface area contributed by atoms with Gasteiger partial charge >= 0.3 is 11.8 Å². The molecule has 4 rings (SSSR count). The van der Waals surface area contributed by atoms with E-state index < -0.39 is 17.7 Å². The van der Waals surface area contributed by atoms with Crippen LogP contribution in [0.1, 0.15) is 16.1 Å². The summed E-state index contributed by atoms with van der Waals surface area (Å²) >= 11 is 18.8. The predicted octanol–water partition coefficient (Wildman–Crippen LogP) is 6.74. The summed E-state index contributed by atoms with van der Waals surface area (Å²) in [6.45, 7) is 1.90. The van der Waals surface area contributed by atoms with Gasteiger partial charge in [-0.2, -0.15) is 0 Å². The van der Waals surface area contributed by atoms with E-state index in [9.17, 15) is 14.4 Å². The van der Waals surface area contributed by atoms with Gasteiger partial charge in [-0.05, 0) is 73.2 Å². The van der Waals surface area contributed by atoms with E-state index in [0.717, 1.165) is 14.5 Å². The van der Waals surface area contributed by atoms with Crippen LogP contribution in [-0.4, -0.2) is 22.4 Å². The first kappa shape index (κ1) is 25.2. The van der Waals surface area contributed by atoms with Gasteiger partial charge < -0.3 is 10.6 Å². The van der Waals surface area contributed by atoms with Crippen LogP contribution in [0, 0.1) is 6.92 Å². The second-order valence-electron chi connectivity index (χ2n) is 7.51. The van der Waals surface area contributed by atoms with Crippen molar-refractivity contribution in [1.29, 1.82) is 0 Å². The van der Waals surface area contributed by atoms with Crippen molar-refractivity contribution in [2.24, 2.45) is 0 Å². The molecule has 178 valence electrons. The predicted molar refractivity (Wildman–Crippen MR) is 146 cm³/mol. The topological polar surface area (TPSA) is 92.2 Å². The molecule has 3 aromatic carbocycles. The number of nitrogens with one attached hydrogen (secondary N) is 3. The Kier molecular flexibility index (Phi) is 7.51. The van der Waals surface area contributed by atoms with Crippen molar-refractivity contribution in [2.45, 2.75) is 6.92 Å². The molecule has 35 heavy (non-hydrogen) atoms. The van der Waals surface area contributed by atoms with Crippen molar-refractivity contribution in [3.8, 4) is 0 Å². The number of carbonyl (C=O) groups excluding carboxylic acids is 3. The van der Waals surface area contributed by atoms with Gasteiger partial charge in [-0.1, -0.05) is 55.1 Å². The Morgan fingerprint density at radius 2 is 1.63 bits per heavy atom. The Labute approximate surface area is 227 Å². The maximum Gasteiger partial charge on any atom is 0.328 e. The average Bonchev–Trinajstić information content (AvgIpc) is 3.15. The number of benzene rings is 3. The minimum atomic E-state index is -0.995. The highest BCUT2D eigenvalue weighted by atomic mass is 79.9. The quantitative estimate of drug-likeness (QED) is 0.216. The van der Waals surface area contributed by atoms with Crippen LogP contribution in [0.5, 0.6) is 0 Å². The van der Waals surface area contributed by atoms with Crippen molar-refractivity contribution in [3.63, 3.8) is 0 Å². The van der Waals surface area contributed by atoms with Crippen LogP contribution in [0.2, 0.25) is 10.0 Å². The van der Waals surface area contributed by atoms with Gasteiger partial charge in [0.2, 0.25) is 0 Å². The molecule has 1 heterocycles. The minimum absolute atomic E-state index is 0.129. The molecule has 0 aliphatic rings. The lowest BCUT2D eigenvalue weighted by atomic mass is 10.2. The van der Waals surface area contributed by atoms with Gasteiger partial charge in [-0.15, -0.1) is 0 Å². The van der Waals surface area contributed by atoms with Crippen LogP contribution in [0.3, 0.4) is 0 Å². The lowest BCUT2D eigenvalue weighted by Crippen LogP contribution is -2.36. The van der Waals surface area contributed by atoms with E-state index in [4.69, 9.17) is 23.2 Å². The molecule has 0 aliphatic carbocycles. The molecule has 0 saturated carbocycles. The van der Waals surface area contributed by atoms with E-state index in [1.807, 2.05) is 19.1 Å². The molecule has 0 unspecified atom stereocenters. The molecule has 0 spiro atoms. The first-order valence-corrected chi connectivity index (χ1v) is 12.4. The summed E-state index contributed by atoms with van der Waals surface area (Å²) in [5, 5.41) is 6.51. The third kappa shape index (κ3) is 5.70. The molecule has 7 nitrogen and oxygen atoms in total. The molecule has 0 radical (unpaired) electrons. The van der Waals surface area contributed by atoms with Crippen LogP contribution in [-0.2, 0) is 9.59 Å². The number of hydrogen-bond donors (Lipinski definition) is 3. The lowest BCUT2D eigenvalue weighted by Gasteiger charge is -2.13.